The Kier molecular flexibility index (Phi) is 4.58. The highest BCUT2D eigenvalue weighted by atomic mass is 16.4. The molecule has 0 aliphatic heterocycles. The molecule has 3 nitrogen and oxygen atoms in total. The van der Waals surface area contributed by atoms with Gasteiger partial charge in [-0.3, -0.25) is 0 Å². The maximum Gasteiger partial charge on any atom is 0.336 e. The third kappa shape index (κ3) is 3.27. The molecule has 0 saturated carbocycles. The summed E-state index contributed by atoms with van der Waals surface area (Å²) in [6.45, 7) is 8.50. The predicted molar refractivity (Wildman–Crippen MR) is 102 cm³/mol. The minimum absolute atomic E-state index is 0.274. The number of para-hydroxylation sites is 1. The molecule has 0 fully saturated rings. The van der Waals surface area contributed by atoms with Gasteiger partial charge in [-0.15, -0.1) is 0 Å². The van der Waals surface area contributed by atoms with Gasteiger partial charge in [0, 0.05) is 10.9 Å². The standard InChI is InChI=1S/C22H23NO2/c1-13(2)15-8-10-16(11-9-15)20-12-19(22(24)25)18-7-5-6-17(14(3)4)21(18)23-20/h5-14H,1-4H3,(H,24,25). The zero-order valence-corrected chi connectivity index (χ0v) is 15.1. The molecule has 0 saturated heterocycles. The Morgan fingerprint density at radius 1 is 0.960 bits per heavy atom. The summed E-state index contributed by atoms with van der Waals surface area (Å²) in [5.41, 5.74) is 5.04. The minimum atomic E-state index is -0.923. The van der Waals surface area contributed by atoms with Crippen LogP contribution in [-0.4, -0.2) is 16.1 Å². The normalized spacial score (nSPS) is 11.4. The molecule has 3 aromatic rings. The van der Waals surface area contributed by atoms with E-state index in [-0.39, 0.29) is 5.92 Å². The van der Waals surface area contributed by atoms with Gasteiger partial charge in [-0.2, -0.15) is 0 Å². The zero-order valence-electron chi connectivity index (χ0n) is 15.1. The fourth-order valence-electron chi connectivity index (χ4n) is 3.10. The fourth-order valence-corrected chi connectivity index (χ4v) is 3.10. The van der Waals surface area contributed by atoms with Crippen LogP contribution in [0.25, 0.3) is 22.2 Å². The second-order valence-electron chi connectivity index (χ2n) is 7.04. The van der Waals surface area contributed by atoms with Crippen molar-refractivity contribution in [2.24, 2.45) is 0 Å². The van der Waals surface area contributed by atoms with Crippen LogP contribution in [0.15, 0.2) is 48.5 Å². The molecule has 3 rings (SSSR count). The molecule has 0 radical (unpaired) electrons. The molecule has 0 amide bonds. The highest BCUT2D eigenvalue weighted by molar-refractivity contribution is 6.04. The SMILES string of the molecule is CC(C)c1ccc(-c2cc(C(=O)O)c3cccc(C(C)C)c3n2)cc1. The smallest absolute Gasteiger partial charge is 0.336 e. The molecule has 1 aromatic heterocycles. The first kappa shape index (κ1) is 17.2. The van der Waals surface area contributed by atoms with Gasteiger partial charge < -0.3 is 5.11 Å². The lowest BCUT2D eigenvalue weighted by atomic mass is 9.95. The second-order valence-corrected chi connectivity index (χ2v) is 7.04. The summed E-state index contributed by atoms with van der Waals surface area (Å²) < 4.78 is 0. The summed E-state index contributed by atoms with van der Waals surface area (Å²) in [6, 6.07) is 15.7. The molecule has 0 aliphatic rings. The zero-order chi connectivity index (χ0) is 18.1. The van der Waals surface area contributed by atoms with Crippen molar-refractivity contribution in [3.8, 4) is 11.3 Å². The van der Waals surface area contributed by atoms with E-state index in [9.17, 15) is 9.90 Å². The summed E-state index contributed by atoms with van der Waals surface area (Å²) in [6.07, 6.45) is 0. The van der Waals surface area contributed by atoms with Gasteiger partial charge in [0.05, 0.1) is 16.8 Å². The van der Waals surface area contributed by atoms with Gasteiger partial charge in [0.15, 0.2) is 0 Å². The van der Waals surface area contributed by atoms with E-state index >= 15 is 0 Å². The van der Waals surface area contributed by atoms with Crippen molar-refractivity contribution in [1.82, 2.24) is 4.98 Å². The molecule has 0 aliphatic carbocycles. The molecular weight excluding hydrogens is 310 g/mol. The molecule has 3 heteroatoms. The number of rotatable bonds is 4. The molecule has 25 heavy (non-hydrogen) atoms. The summed E-state index contributed by atoms with van der Waals surface area (Å²) in [4.78, 5) is 16.6. The van der Waals surface area contributed by atoms with Gasteiger partial charge >= 0.3 is 5.97 Å². The van der Waals surface area contributed by atoms with Crippen LogP contribution in [0.1, 0.15) is 61.0 Å². The number of carboxylic acid groups (broad SMARTS) is 1. The first-order valence-electron chi connectivity index (χ1n) is 8.65. The lowest BCUT2D eigenvalue weighted by molar-refractivity contribution is 0.0699. The van der Waals surface area contributed by atoms with Crippen molar-refractivity contribution in [3.05, 3.63) is 65.2 Å². The van der Waals surface area contributed by atoms with Gasteiger partial charge in [-0.05, 0) is 29.0 Å². The number of carbonyl (C=O) groups is 1. The molecule has 0 spiro atoms. The topological polar surface area (TPSA) is 50.2 Å². The number of pyridine rings is 1. The highest BCUT2D eigenvalue weighted by Crippen LogP contribution is 2.30. The average Bonchev–Trinajstić information content (AvgIpc) is 2.60. The molecule has 128 valence electrons. The van der Waals surface area contributed by atoms with Crippen LogP contribution in [-0.2, 0) is 0 Å². The Bertz CT molecular complexity index is 925. The lowest BCUT2D eigenvalue weighted by Gasteiger charge is -2.13. The van der Waals surface area contributed by atoms with Gasteiger partial charge in [0.1, 0.15) is 0 Å². The van der Waals surface area contributed by atoms with Crippen molar-refractivity contribution in [3.63, 3.8) is 0 Å². The predicted octanol–water partition coefficient (Wildman–Crippen LogP) is 5.85. The number of aromatic nitrogens is 1. The first-order valence-corrected chi connectivity index (χ1v) is 8.65. The second kappa shape index (κ2) is 6.67. The maximum atomic E-state index is 11.8. The van der Waals surface area contributed by atoms with Crippen LogP contribution in [0.4, 0.5) is 0 Å². The van der Waals surface area contributed by atoms with Gasteiger partial charge in [0.2, 0.25) is 0 Å². The van der Waals surface area contributed by atoms with E-state index in [4.69, 9.17) is 4.98 Å². The Morgan fingerprint density at radius 3 is 2.20 bits per heavy atom. The van der Waals surface area contributed by atoms with Crippen LogP contribution < -0.4 is 0 Å². The Labute approximate surface area is 148 Å². The molecular formula is C22H23NO2. The highest BCUT2D eigenvalue weighted by Gasteiger charge is 2.16. The van der Waals surface area contributed by atoms with E-state index in [1.807, 2.05) is 30.3 Å². The number of hydrogen-bond donors (Lipinski definition) is 1. The van der Waals surface area contributed by atoms with E-state index in [1.54, 1.807) is 6.07 Å². The van der Waals surface area contributed by atoms with E-state index in [0.29, 0.717) is 22.6 Å². The third-order valence-corrected chi connectivity index (χ3v) is 4.60. The van der Waals surface area contributed by atoms with Crippen molar-refractivity contribution in [2.75, 3.05) is 0 Å². The molecule has 0 bridgehead atoms. The van der Waals surface area contributed by atoms with E-state index in [0.717, 1.165) is 16.6 Å². The molecule has 1 heterocycles. The lowest BCUT2D eigenvalue weighted by Crippen LogP contribution is -2.02. The van der Waals surface area contributed by atoms with Crippen LogP contribution >= 0.6 is 0 Å². The molecule has 1 N–H and O–H groups in total. The Balaban J connectivity index is 2.25. The summed E-state index contributed by atoms with van der Waals surface area (Å²) in [5.74, 6) is -0.189. The largest absolute Gasteiger partial charge is 0.478 e. The van der Waals surface area contributed by atoms with Gasteiger partial charge in [0.25, 0.3) is 0 Å². The Hall–Kier alpha value is -2.68. The van der Waals surface area contributed by atoms with E-state index in [1.165, 1.54) is 5.56 Å². The van der Waals surface area contributed by atoms with Crippen LogP contribution in [0, 0.1) is 0 Å². The summed E-state index contributed by atoms with van der Waals surface area (Å²) >= 11 is 0. The fraction of sp³-hybridized carbons (Fsp3) is 0.273. The van der Waals surface area contributed by atoms with Crippen molar-refractivity contribution < 1.29 is 9.90 Å². The minimum Gasteiger partial charge on any atom is -0.478 e. The van der Waals surface area contributed by atoms with Crippen LogP contribution in [0.2, 0.25) is 0 Å². The molecule has 2 aromatic carbocycles. The number of hydrogen-bond acceptors (Lipinski definition) is 2. The van der Waals surface area contributed by atoms with Gasteiger partial charge in [-0.1, -0.05) is 70.2 Å². The molecule has 0 atom stereocenters. The number of fused-ring (bicyclic) bond motifs is 1. The Morgan fingerprint density at radius 2 is 1.64 bits per heavy atom. The molecule has 0 unspecified atom stereocenters. The van der Waals surface area contributed by atoms with Crippen LogP contribution in [0.5, 0.6) is 0 Å². The average molecular weight is 333 g/mol. The van der Waals surface area contributed by atoms with Gasteiger partial charge in [-0.25, -0.2) is 9.78 Å². The number of nitrogens with zero attached hydrogens (tertiary/aromatic N) is 1. The van der Waals surface area contributed by atoms with E-state index < -0.39 is 5.97 Å². The quantitative estimate of drug-likeness (QED) is 0.652. The van der Waals surface area contributed by atoms with E-state index in [2.05, 4.69) is 39.8 Å². The van der Waals surface area contributed by atoms with Crippen molar-refractivity contribution in [1.29, 1.82) is 0 Å². The maximum absolute atomic E-state index is 11.8. The van der Waals surface area contributed by atoms with Crippen molar-refractivity contribution >= 4 is 16.9 Å². The number of benzene rings is 2. The number of aromatic carboxylic acids is 1. The monoisotopic (exact) mass is 333 g/mol. The summed E-state index contributed by atoms with van der Waals surface area (Å²) in [7, 11) is 0. The first-order chi connectivity index (χ1) is 11.9. The third-order valence-electron chi connectivity index (χ3n) is 4.60. The summed E-state index contributed by atoms with van der Waals surface area (Å²) in [5, 5.41) is 10.4. The number of carboxylic acids is 1. The van der Waals surface area contributed by atoms with Crippen molar-refractivity contribution in [2.45, 2.75) is 39.5 Å². The van der Waals surface area contributed by atoms with Crippen LogP contribution in [0.3, 0.4) is 0 Å².